The third-order valence-electron chi connectivity index (χ3n) is 5.27. The van der Waals surface area contributed by atoms with Crippen molar-refractivity contribution in [3.63, 3.8) is 0 Å². The molecule has 0 radical (unpaired) electrons. The van der Waals surface area contributed by atoms with E-state index in [2.05, 4.69) is 4.98 Å². The largest absolute Gasteiger partial charge is 0.497 e. The van der Waals surface area contributed by atoms with Crippen molar-refractivity contribution in [1.29, 1.82) is 0 Å². The first-order valence-corrected chi connectivity index (χ1v) is 11.5. The molecule has 1 aliphatic rings. The number of ether oxygens (including phenoxy) is 1. The Hall–Kier alpha value is -2.64. The fourth-order valence-electron chi connectivity index (χ4n) is 3.74. The van der Waals surface area contributed by atoms with E-state index >= 15 is 0 Å². The predicted octanol–water partition coefficient (Wildman–Crippen LogP) is 4.36. The molecule has 2 heterocycles. The summed E-state index contributed by atoms with van der Waals surface area (Å²) in [6.45, 7) is 1.20. The first kappa shape index (κ1) is 20.6. The van der Waals surface area contributed by atoms with E-state index in [1.807, 2.05) is 0 Å². The van der Waals surface area contributed by atoms with Crippen molar-refractivity contribution < 1.29 is 17.9 Å². The summed E-state index contributed by atoms with van der Waals surface area (Å²) in [5, 5.41) is 0.696. The Morgan fingerprint density at radius 3 is 2.60 bits per heavy atom. The van der Waals surface area contributed by atoms with E-state index in [9.17, 15) is 13.2 Å². The number of carbonyl (C=O) groups excluding carboxylic acids is 1. The molecule has 156 valence electrons. The first-order valence-electron chi connectivity index (χ1n) is 9.68. The number of carbonyl (C=O) groups is 1. The van der Waals surface area contributed by atoms with E-state index in [-0.39, 0.29) is 21.3 Å². The Labute approximate surface area is 180 Å². The summed E-state index contributed by atoms with van der Waals surface area (Å²) in [7, 11) is -2.58. The van der Waals surface area contributed by atoms with Crippen LogP contribution in [0.25, 0.3) is 10.9 Å². The number of methoxy groups -OCH3 is 1. The molecule has 1 saturated heterocycles. The summed E-state index contributed by atoms with van der Waals surface area (Å²) < 4.78 is 32.7. The third kappa shape index (κ3) is 3.75. The minimum absolute atomic E-state index is 0.0435. The van der Waals surface area contributed by atoms with Crippen LogP contribution in [0.15, 0.2) is 58.5 Å². The van der Waals surface area contributed by atoms with E-state index < -0.39 is 9.84 Å². The first-order chi connectivity index (χ1) is 14.4. The fourth-order valence-corrected chi connectivity index (χ4v) is 5.56. The highest BCUT2D eigenvalue weighted by molar-refractivity contribution is 7.91. The number of piperidine rings is 1. The second kappa shape index (κ2) is 8.24. The number of rotatable bonds is 4. The van der Waals surface area contributed by atoms with Gasteiger partial charge in [0.2, 0.25) is 9.84 Å². The van der Waals surface area contributed by atoms with E-state index in [0.29, 0.717) is 34.8 Å². The number of hydrogen-bond donors (Lipinski definition) is 0. The number of amides is 1. The minimum Gasteiger partial charge on any atom is -0.497 e. The SMILES string of the molecule is COc1cccc(S(=O)(=O)c2c(C(=O)N3CCCCC3)cnc3ccc(Cl)cc23)c1. The summed E-state index contributed by atoms with van der Waals surface area (Å²) in [4.78, 5) is 19.3. The molecule has 4 rings (SSSR count). The molecule has 0 N–H and O–H groups in total. The topological polar surface area (TPSA) is 76.6 Å². The molecule has 0 unspecified atom stereocenters. The van der Waals surface area contributed by atoms with Crippen LogP contribution in [0.3, 0.4) is 0 Å². The molecule has 0 atom stereocenters. The standard InChI is InChI=1S/C22H21ClN2O4S/c1-29-16-6-5-7-17(13-16)30(27,28)21-18-12-15(23)8-9-20(18)24-14-19(21)22(26)25-10-3-2-4-11-25/h5-9,12-14H,2-4,10-11H2,1H3. The van der Waals surface area contributed by atoms with Crippen molar-refractivity contribution in [2.24, 2.45) is 0 Å². The third-order valence-corrected chi connectivity index (χ3v) is 7.36. The second-order valence-corrected chi connectivity index (χ2v) is 9.52. The van der Waals surface area contributed by atoms with Crippen molar-refractivity contribution in [2.45, 2.75) is 29.1 Å². The fraction of sp³-hybridized carbons (Fsp3) is 0.273. The number of nitrogens with zero attached hydrogens (tertiary/aromatic N) is 2. The van der Waals surface area contributed by atoms with Gasteiger partial charge in [-0.05, 0) is 55.7 Å². The van der Waals surface area contributed by atoms with Gasteiger partial charge < -0.3 is 9.64 Å². The van der Waals surface area contributed by atoms with Crippen LogP contribution in [-0.2, 0) is 9.84 Å². The number of halogens is 1. The molecule has 30 heavy (non-hydrogen) atoms. The molecule has 1 aromatic heterocycles. The van der Waals surface area contributed by atoms with E-state index in [0.717, 1.165) is 19.3 Å². The molecular formula is C22H21ClN2O4S. The lowest BCUT2D eigenvalue weighted by molar-refractivity contribution is 0.0720. The van der Waals surface area contributed by atoms with Crippen LogP contribution in [0.4, 0.5) is 0 Å². The summed E-state index contributed by atoms with van der Waals surface area (Å²) in [5.41, 5.74) is 0.519. The number of benzene rings is 2. The number of sulfone groups is 1. The number of hydrogen-bond acceptors (Lipinski definition) is 5. The number of fused-ring (bicyclic) bond motifs is 1. The molecule has 1 aliphatic heterocycles. The lowest BCUT2D eigenvalue weighted by Crippen LogP contribution is -2.36. The van der Waals surface area contributed by atoms with Crippen LogP contribution < -0.4 is 4.74 Å². The molecule has 2 aromatic carbocycles. The molecule has 6 nitrogen and oxygen atoms in total. The van der Waals surface area contributed by atoms with Gasteiger partial charge in [-0.1, -0.05) is 17.7 Å². The average molecular weight is 445 g/mol. The van der Waals surface area contributed by atoms with Crippen molar-refractivity contribution in [2.75, 3.05) is 20.2 Å². The van der Waals surface area contributed by atoms with Crippen LogP contribution in [0, 0.1) is 0 Å². The van der Waals surface area contributed by atoms with Crippen molar-refractivity contribution in [1.82, 2.24) is 9.88 Å². The van der Waals surface area contributed by atoms with Crippen LogP contribution in [-0.4, -0.2) is 44.4 Å². The minimum atomic E-state index is -4.06. The lowest BCUT2D eigenvalue weighted by atomic mass is 10.1. The van der Waals surface area contributed by atoms with Crippen LogP contribution in [0.1, 0.15) is 29.6 Å². The highest BCUT2D eigenvalue weighted by Gasteiger charge is 2.31. The maximum atomic E-state index is 13.7. The molecule has 3 aromatic rings. The maximum Gasteiger partial charge on any atom is 0.256 e. The monoisotopic (exact) mass is 444 g/mol. The lowest BCUT2D eigenvalue weighted by Gasteiger charge is -2.27. The van der Waals surface area contributed by atoms with Crippen molar-refractivity contribution in [3.05, 3.63) is 59.2 Å². The smallest absolute Gasteiger partial charge is 0.256 e. The van der Waals surface area contributed by atoms with Gasteiger partial charge in [-0.3, -0.25) is 9.78 Å². The van der Waals surface area contributed by atoms with E-state index in [1.165, 1.54) is 25.4 Å². The zero-order valence-electron chi connectivity index (χ0n) is 16.5. The summed E-state index contributed by atoms with van der Waals surface area (Å²) in [6.07, 6.45) is 4.22. The van der Waals surface area contributed by atoms with Crippen LogP contribution in [0.2, 0.25) is 5.02 Å². The Kier molecular flexibility index (Phi) is 5.66. The average Bonchev–Trinajstić information content (AvgIpc) is 2.78. The van der Waals surface area contributed by atoms with Gasteiger partial charge in [0.15, 0.2) is 0 Å². The summed E-state index contributed by atoms with van der Waals surface area (Å²) in [5.74, 6) is 0.0851. The molecule has 0 aliphatic carbocycles. The van der Waals surface area contributed by atoms with Gasteiger partial charge in [0, 0.05) is 29.7 Å². The van der Waals surface area contributed by atoms with E-state index in [1.54, 1.807) is 35.2 Å². The highest BCUT2D eigenvalue weighted by Crippen LogP contribution is 2.34. The molecule has 0 spiro atoms. The highest BCUT2D eigenvalue weighted by atomic mass is 35.5. The Morgan fingerprint density at radius 1 is 1.10 bits per heavy atom. The Morgan fingerprint density at radius 2 is 1.87 bits per heavy atom. The molecule has 1 amide bonds. The van der Waals surface area contributed by atoms with Gasteiger partial charge in [-0.15, -0.1) is 0 Å². The number of pyridine rings is 1. The number of likely N-dealkylation sites (tertiary alicyclic amines) is 1. The Bertz CT molecular complexity index is 1220. The molecule has 8 heteroatoms. The molecule has 1 fully saturated rings. The zero-order valence-corrected chi connectivity index (χ0v) is 18.0. The molecule has 0 saturated carbocycles. The van der Waals surface area contributed by atoms with Gasteiger partial charge in [0.25, 0.3) is 5.91 Å². The number of aromatic nitrogens is 1. The van der Waals surface area contributed by atoms with Gasteiger partial charge in [0.05, 0.1) is 28.0 Å². The van der Waals surface area contributed by atoms with Crippen LogP contribution in [0.5, 0.6) is 5.75 Å². The summed E-state index contributed by atoms with van der Waals surface area (Å²) >= 11 is 6.18. The van der Waals surface area contributed by atoms with Gasteiger partial charge >= 0.3 is 0 Å². The zero-order chi connectivity index (χ0) is 21.3. The van der Waals surface area contributed by atoms with Crippen LogP contribution >= 0.6 is 11.6 Å². The normalized spacial score (nSPS) is 14.7. The van der Waals surface area contributed by atoms with E-state index in [4.69, 9.17) is 16.3 Å². The Balaban J connectivity index is 1.97. The molecular weight excluding hydrogens is 424 g/mol. The summed E-state index contributed by atoms with van der Waals surface area (Å²) in [6, 6.07) is 11.0. The van der Waals surface area contributed by atoms with Gasteiger partial charge in [-0.2, -0.15) is 0 Å². The predicted molar refractivity (Wildman–Crippen MR) is 115 cm³/mol. The quantitative estimate of drug-likeness (QED) is 0.597. The molecule has 0 bridgehead atoms. The van der Waals surface area contributed by atoms with Crippen molar-refractivity contribution in [3.8, 4) is 5.75 Å². The van der Waals surface area contributed by atoms with Gasteiger partial charge in [0.1, 0.15) is 5.75 Å². The maximum absolute atomic E-state index is 13.7. The second-order valence-electron chi connectivity index (χ2n) is 7.20. The van der Waals surface area contributed by atoms with Crippen molar-refractivity contribution >= 4 is 38.2 Å². The van der Waals surface area contributed by atoms with Gasteiger partial charge in [-0.25, -0.2) is 8.42 Å².